The Balaban J connectivity index is 1.29. The molecule has 1 aliphatic heterocycles. The van der Waals surface area contributed by atoms with Gasteiger partial charge in [-0.1, -0.05) is 53.7 Å². The lowest BCUT2D eigenvalue weighted by Crippen LogP contribution is -2.35. The molecule has 1 atom stereocenters. The van der Waals surface area contributed by atoms with Crippen molar-refractivity contribution in [1.29, 1.82) is 0 Å². The topological polar surface area (TPSA) is 88.7 Å². The Bertz CT molecular complexity index is 1030. The molecule has 0 spiro atoms. The number of aliphatic hydroxyl groups is 1. The summed E-state index contributed by atoms with van der Waals surface area (Å²) in [6.07, 6.45) is -0.113. The van der Waals surface area contributed by atoms with Crippen molar-refractivity contribution in [2.75, 3.05) is 19.7 Å². The van der Waals surface area contributed by atoms with Crippen molar-refractivity contribution >= 4 is 6.09 Å². The lowest BCUT2D eigenvalue weighted by atomic mass is 9.98. The van der Waals surface area contributed by atoms with Crippen molar-refractivity contribution in [1.82, 2.24) is 15.0 Å². The van der Waals surface area contributed by atoms with Gasteiger partial charge < -0.3 is 19.3 Å². The number of carbonyl (C=O) groups excluding carboxylic acids is 1. The van der Waals surface area contributed by atoms with Gasteiger partial charge in [0.15, 0.2) is 11.4 Å². The fourth-order valence-electron chi connectivity index (χ4n) is 4.30. The first kappa shape index (κ1) is 17.9. The van der Waals surface area contributed by atoms with Gasteiger partial charge in [-0.05, 0) is 29.2 Å². The van der Waals surface area contributed by atoms with E-state index in [9.17, 15) is 9.90 Å². The molecule has 0 saturated carbocycles. The highest BCUT2D eigenvalue weighted by atomic mass is 16.6. The zero-order chi connectivity index (χ0) is 20.0. The summed E-state index contributed by atoms with van der Waals surface area (Å²) in [5, 5.41) is 14.5. The minimum atomic E-state index is -1.33. The number of aryl methyl sites for hydroxylation is 1. The predicted octanol–water partition coefficient (Wildman–Crippen LogP) is 3.22. The average Bonchev–Trinajstić information content (AvgIpc) is 3.43. The second-order valence-corrected chi connectivity index (χ2v) is 7.65. The van der Waals surface area contributed by atoms with Gasteiger partial charge in [0.25, 0.3) is 5.89 Å². The van der Waals surface area contributed by atoms with Gasteiger partial charge in [0, 0.05) is 18.9 Å². The van der Waals surface area contributed by atoms with Gasteiger partial charge >= 0.3 is 6.09 Å². The van der Waals surface area contributed by atoms with E-state index >= 15 is 0 Å². The number of likely N-dealkylation sites (tertiary alicyclic amines) is 1. The fourth-order valence-corrected chi connectivity index (χ4v) is 4.30. The van der Waals surface area contributed by atoms with Gasteiger partial charge in [-0.3, -0.25) is 0 Å². The Morgan fingerprint density at radius 1 is 1.21 bits per heavy atom. The molecule has 1 aliphatic carbocycles. The molecule has 1 unspecified atom stereocenters. The molecule has 7 nitrogen and oxygen atoms in total. The van der Waals surface area contributed by atoms with Crippen LogP contribution in [0.3, 0.4) is 0 Å². The quantitative estimate of drug-likeness (QED) is 0.737. The molecule has 5 rings (SSSR count). The van der Waals surface area contributed by atoms with Gasteiger partial charge in [-0.2, -0.15) is 4.98 Å². The monoisotopic (exact) mass is 391 g/mol. The normalized spacial score (nSPS) is 20.6. The molecule has 1 amide bonds. The van der Waals surface area contributed by atoms with Crippen molar-refractivity contribution in [3.05, 3.63) is 71.4 Å². The summed E-state index contributed by atoms with van der Waals surface area (Å²) in [7, 11) is 0. The number of ether oxygens (including phenoxy) is 1. The summed E-state index contributed by atoms with van der Waals surface area (Å²) in [5.74, 6) is 0.600. The number of rotatable bonds is 3. The van der Waals surface area contributed by atoms with E-state index in [2.05, 4.69) is 34.4 Å². The SMILES string of the molecule is Cc1noc(C2(O)CCN(C(=O)OCC3c4ccccc4-c4ccccc43)C2)n1. The third kappa shape index (κ3) is 2.98. The first-order valence-corrected chi connectivity index (χ1v) is 9.68. The smallest absolute Gasteiger partial charge is 0.409 e. The van der Waals surface area contributed by atoms with Gasteiger partial charge in [0.2, 0.25) is 0 Å². The van der Waals surface area contributed by atoms with Crippen LogP contribution < -0.4 is 0 Å². The van der Waals surface area contributed by atoms with E-state index in [1.54, 1.807) is 6.92 Å². The molecule has 148 valence electrons. The van der Waals surface area contributed by atoms with Crippen molar-refractivity contribution in [3.8, 4) is 11.1 Å². The van der Waals surface area contributed by atoms with E-state index in [1.165, 1.54) is 27.2 Å². The predicted molar refractivity (Wildman–Crippen MR) is 104 cm³/mol. The molecule has 3 aromatic rings. The molecule has 7 heteroatoms. The van der Waals surface area contributed by atoms with E-state index in [0.29, 0.717) is 18.8 Å². The van der Waals surface area contributed by atoms with Crippen LogP contribution in [0.5, 0.6) is 0 Å². The molecule has 1 fully saturated rings. The molecule has 0 radical (unpaired) electrons. The summed E-state index contributed by atoms with van der Waals surface area (Å²) < 4.78 is 10.8. The van der Waals surface area contributed by atoms with Crippen LogP contribution in [0.4, 0.5) is 4.79 Å². The first-order valence-electron chi connectivity index (χ1n) is 9.68. The highest BCUT2D eigenvalue weighted by Crippen LogP contribution is 2.44. The number of amides is 1. The van der Waals surface area contributed by atoms with Crippen LogP contribution >= 0.6 is 0 Å². The summed E-state index contributed by atoms with van der Waals surface area (Å²) in [5.41, 5.74) is 3.38. The summed E-state index contributed by atoms with van der Waals surface area (Å²) in [6, 6.07) is 16.4. The van der Waals surface area contributed by atoms with Gasteiger partial charge in [-0.15, -0.1) is 0 Å². The maximum atomic E-state index is 12.7. The number of benzene rings is 2. The maximum Gasteiger partial charge on any atom is 0.409 e. The number of hydrogen-bond donors (Lipinski definition) is 1. The van der Waals surface area contributed by atoms with E-state index in [1.807, 2.05) is 24.3 Å². The zero-order valence-electron chi connectivity index (χ0n) is 16.0. The first-order chi connectivity index (χ1) is 14.0. The highest BCUT2D eigenvalue weighted by Gasteiger charge is 2.44. The van der Waals surface area contributed by atoms with Crippen LogP contribution in [0.2, 0.25) is 0 Å². The van der Waals surface area contributed by atoms with Gasteiger partial charge in [0.05, 0.1) is 6.54 Å². The molecule has 1 N–H and O–H groups in total. The number of β-amino-alcohol motifs (C(OH)–C–C–N with tert-alkyl or cyclic N) is 1. The Morgan fingerprint density at radius 3 is 2.48 bits per heavy atom. The Kier molecular flexibility index (Phi) is 4.13. The number of nitrogens with zero attached hydrogens (tertiary/aromatic N) is 3. The van der Waals surface area contributed by atoms with E-state index in [-0.39, 0.29) is 25.0 Å². The van der Waals surface area contributed by atoms with Crippen LogP contribution in [-0.2, 0) is 10.3 Å². The molecule has 2 aromatic carbocycles. The average molecular weight is 391 g/mol. The molecule has 29 heavy (non-hydrogen) atoms. The van der Waals surface area contributed by atoms with Crippen LogP contribution in [0.1, 0.15) is 35.2 Å². The standard InChI is InChI=1S/C22H21N3O4/c1-14-23-20(29-24-14)22(27)10-11-25(13-22)21(26)28-12-19-17-8-4-2-6-15(17)16-7-3-5-9-18(16)19/h2-9,19,27H,10-13H2,1H3. The second-order valence-electron chi connectivity index (χ2n) is 7.65. The fraction of sp³-hybridized carbons (Fsp3) is 0.318. The molecule has 2 heterocycles. The van der Waals surface area contributed by atoms with Crippen molar-refractivity contribution < 1.29 is 19.2 Å². The maximum absolute atomic E-state index is 12.7. The van der Waals surface area contributed by atoms with Crippen LogP contribution in [0.25, 0.3) is 11.1 Å². The van der Waals surface area contributed by atoms with Crippen molar-refractivity contribution in [2.45, 2.75) is 24.9 Å². The zero-order valence-corrected chi connectivity index (χ0v) is 16.0. The Hall–Kier alpha value is -3.19. The number of fused-ring (bicyclic) bond motifs is 3. The van der Waals surface area contributed by atoms with E-state index in [0.717, 1.165) is 0 Å². The molecule has 1 saturated heterocycles. The third-order valence-electron chi connectivity index (χ3n) is 5.77. The van der Waals surface area contributed by atoms with Gasteiger partial charge in [0.1, 0.15) is 6.61 Å². The van der Waals surface area contributed by atoms with Crippen LogP contribution in [-0.4, -0.2) is 45.9 Å². The Labute approximate surface area is 167 Å². The number of carbonyl (C=O) groups is 1. The number of hydrogen-bond acceptors (Lipinski definition) is 6. The van der Waals surface area contributed by atoms with Crippen LogP contribution in [0.15, 0.2) is 53.1 Å². The Morgan fingerprint density at radius 2 is 1.86 bits per heavy atom. The highest BCUT2D eigenvalue weighted by molar-refractivity contribution is 5.79. The lowest BCUT2D eigenvalue weighted by Gasteiger charge is -2.21. The lowest BCUT2D eigenvalue weighted by molar-refractivity contribution is 0.0123. The minimum absolute atomic E-state index is 0.00595. The molecule has 2 aliphatic rings. The number of aromatic nitrogens is 2. The molecular weight excluding hydrogens is 370 g/mol. The summed E-state index contributed by atoms with van der Waals surface area (Å²) in [6.45, 7) is 2.38. The van der Waals surface area contributed by atoms with Gasteiger partial charge in [-0.25, -0.2) is 4.79 Å². The van der Waals surface area contributed by atoms with E-state index in [4.69, 9.17) is 9.26 Å². The third-order valence-corrected chi connectivity index (χ3v) is 5.77. The summed E-state index contributed by atoms with van der Waals surface area (Å²) in [4.78, 5) is 18.3. The van der Waals surface area contributed by atoms with Crippen LogP contribution in [0, 0.1) is 6.92 Å². The van der Waals surface area contributed by atoms with Crippen molar-refractivity contribution in [2.24, 2.45) is 0 Å². The molecular formula is C22H21N3O4. The summed E-state index contributed by atoms with van der Waals surface area (Å²) >= 11 is 0. The largest absolute Gasteiger partial charge is 0.448 e. The molecule has 0 bridgehead atoms. The second kappa shape index (κ2) is 6.70. The minimum Gasteiger partial charge on any atom is -0.448 e. The van der Waals surface area contributed by atoms with E-state index < -0.39 is 11.7 Å². The molecule has 1 aromatic heterocycles. The van der Waals surface area contributed by atoms with Crippen molar-refractivity contribution in [3.63, 3.8) is 0 Å².